The maximum Gasteiger partial charge on any atom is 0.0771 e. The molecule has 0 radical (unpaired) electrons. The van der Waals surface area contributed by atoms with Crippen molar-refractivity contribution >= 4 is 0 Å². The number of aliphatic hydroxyl groups is 2. The summed E-state index contributed by atoms with van der Waals surface area (Å²) < 4.78 is 0. The van der Waals surface area contributed by atoms with Crippen molar-refractivity contribution in [3.8, 4) is 0 Å². The minimum Gasteiger partial charge on any atom is -0.393 e. The molecule has 0 aromatic heterocycles. The molecule has 0 aliphatic heterocycles. The van der Waals surface area contributed by atoms with E-state index in [1.807, 2.05) is 19.9 Å². The van der Waals surface area contributed by atoms with Crippen molar-refractivity contribution in [3.63, 3.8) is 0 Å². The Labute approximate surface area is 197 Å². The molecule has 182 valence electrons. The smallest absolute Gasteiger partial charge is 0.0771 e. The molecule has 0 bridgehead atoms. The Balaban J connectivity index is 1.40. The highest BCUT2D eigenvalue weighted by molar-refractivity contribution is 5.30. The fourth-order valence-corrected chi connectivity index (χ4v) is 11.0. The zero-order chi connectivity index (χ0) is 23.4. The van der Waals surface area contributed by atoms with E-state index in [9.17, 15) is 10.2 Å². The van der Waals surface area contributed by atoms with Gasteiger partial charge in [-0.25, -0.2) is 0 Å². The van der Waals surface area contributed by atoms with E-state index in [1.54, 1.807) is 0 Å². The Morgan fingerprint density at radius 1 is 0.875 bits per heavy atom. The number of aliphatic hydroxyl groups excluding tert-OH is 1. The molecule has 5 fully saturated rings. The summed E-state index contributed by atoms with van der Waals surface area (Å²) in [4.78, 5) is 0. The molecule has 0 aromatic rings. The highest BCUT2D eigenvalue weighted by Gasteiger charge is 2.82. The van der Waals surface area contributed by atoms with E-state index in [0.717, 1.165) is 30.6 Å². The molecular formula is C30H50O2. The molecule has 0 heterocycles. The lowest BCUT2D eigenvalue weighted by molar-refractivity contribution is -0.161. The Hall–Kier alpha value is -0.340. The van der Waals surface area contributed by atoms with Crippen LogP contribution in [0, 0.1) is 50.7 Å². The molecule has 5 rings (SSSR count). The summed E-state index contributed by atoms with van der Waals surface area (Å²) >= 11 is 0. The van der Waals surface area contributed by atoms with Crippen LogP contribution >= 0.6 is 0 Å². The van der Waals surface area contributed by atoms with E-state index in [0.29, 0.717) is 27.6 Å². The zero-order valence-corrected chi connectivity index (χ0v) is 22.0. The molecule has 0 aromatic carbocycles. The number of hydrogen-bond donors (Lipinski definition) is 2. The van der Waals surface area contributed by atoms with Gasteiger partial charge < -0.3 is 10.2 Å². The lowest BCUT2D eigenvalue weighted by Crippen LogP contribution is -2.57. The van der Waals surface area contributed by atoms with Gasteiger partial charge >= 0.3 is 0 Å². The predicted molar refractivity (Wildman–Crippen MR) is 132 cm³/mol. The number of fused-ring (bicyclic) bond motifs is 2. The SMILES string of the molecule is C[C@H](C/C=C/C(C)(C)O)[C@H]1CC[C@@]2(C)[C@@H]3CC[C@H]4C(C)(C)[C@H](O)CC[C@@]45C[C@@]35CC[C@]12C. The quantitative estimate of drug-likeness (QED) is 0.454. The average molecular weight is 443 g/mol. The van der Waals surface area contributed by atoms with Crippen molar-refractivity contribution < 1.29 is 10.2 Å². The van der Waals surface area contributed by atoms with Crippen molar-refractivity contribution in [2.24, 2.45) is 50.7 Å². The fraction of sp³-hybridized carbons (Fsp3) is 0.933. The third kappa shape index (κ3) is 2.84. The second kappa shape index (κ2) is 6.87. The molecule has 5 aliphatic carbocycles. The van der Waals surface area contributed by atoms with Gasteiger partial charge in [0.2, 0.25) is 0 Å². The molecule has 2 nitrogen and oxygen atoms in total. The van der Waals surface area contributed by atoms with Crippen molar-refractivity contribution in [2.75, 3.05) is 0 Å². The first-order valence-electron chi connectivity index (χ1n) is 13.8. The maximum absolute atomic E-state index is 10.8. The molecular weight excluding hydrogens is 392 g/mol. The van der Waals surface area contributed by atoms with Crippen LogP contribution in [0.2, 0.25) is 0 Å². The van der Waals surface area contributed by atoms with Gasteiger partial charge in [0.25, 0.3) is 0 Å². The number of allylic oxidation sites excluding steroid dienone is 1. The molecule has 0 unspecified atom stereocenters. The molecule has 5 saturated carbocycles. The monoisotopic (exact) mass is 442 g/mol. The summed E-state index contributed by atoms with van der Waals surface area (Å²) in [6.07, 6.45) is 17.4. The summed E-state index contributed by atoms with van der Waals surface area (Å²) in [6.45, 7) is 16.3. The van der Waals surface area contributed by atoms with E-state index >= 15 is 0 Å². The summed E-state index contributed by atoms with van der Waals surface area (Å²) in [5.74, 6) is 3.10. The molecule has 9 atom stereocenters. The van der Waals surface area contributed by atoms with E-state index in [1.165, 1.54) is 51.4 Å². The first-order chi connectivity index (χ1) is 14.7. The van der Waals surface area contributed by atoms with Gasteiger partial charge in [0.15, 0.2) is 0 Å². The first kappa shape index (κ1) is 23.4. The summed E-state index contributed by atoms with van der Waals surface area (Å²) in [5.41, 5.74) is 1.44. The van der Waals surface area contributed by atoms with Crippen molar-refractivity contribution in [2.45, 2.75) is 124 Å². The van der Waals surface area contributed by atoms with Crippen LogP contribution < -0.4 is 0 Å². The Morgan fingerprint density at radius 2 is 1.53 bits per heavy atom. The van der Waals surface area contributed by atoms with Gasteiger partial charge in [-0.15, -0.1) is 0 Å². The highest BCUT2D eigenvalue weighted by Crippen LogP contribution is 2.89. The highest BCUT2D eigenvalue weighted by atomic mass is 16.3. The largest absolute Gasteiger partial charge is 0.393 e. The van der Waals surface area contributed by atoms with Crippen molar-refractivity contribution in [3.05, 3.63) is 12.2 Å². The minimum absolute atomic E-state index is 0.0912. The topological polar surface area (TPSA) is 40.5 Å². The molecule has 2 N–H and O–H groups in total. The van der Waals surface area contributed by atoms with Gasteiger partial charge in [0.1, 0.15) is 0 Å². The second-order valence-electron chi connectivity index (χ2n) is 14.8. The minimum atomic E-state index is -0.703. The Bertz CT molecular complexity index is 791. The number of rotatable bonds is 4. The maximum atomic E-state index is 10.8. The van der Waals surface area contributed by atoms with Gasteiger partial charge in [-0.05, 0) is 129 Å². The fourth-order valence-electron chi connectivity index (χ4n) is 11.0. The van der Waals surface area contributed by atoms with Crippen molar-refractivity contribution in [1.82, 2.24) is 0 Å². The predicted octanol–water partition coefficient (Wildman–Crippen LogP) is 7.14. The van der Waals surface area contributed by atoms with E-state index in [4.69, 9.17) is 0 Å². The van der Waals surface area contributed by atoms with Crippen LogP contribution in [0.5, 0.6) is 0 Å². The van der Waals surface area contributed by atoms with Crippen LogP contribution in [0.15, 0.2) is 12.2 Å². The zero-order valence-electron chi connectivity index (χ0n) is 22.0. The Kier molecular flexibility index (Phi) is 5.02. The second-order valence-corrected chi connectivity index (χ2v) is 14.8. The molecule has 5 aliphatic rings. The van der Waals surface area contributed by atoms with Crippen LogP contribution in [-0.4, -0.2) is 21.9 Å². The third-order valence-corrected chi connectivity index (χ3v) is 12.9. The van der Waals surface area contributed by atoms with Crippen LogP contribution in [0.25, 0.3) is 0 Å². The Morgan fingerprint density at radius 3 is 2.22 bits per heavy atom. The van der Waals surface area contributed by atoms with Crippen LogP contribution in [0.3, 0.4) is 0 Å². The van der Waals surface area contributed by atoms with Gasteiger partial charge in [0, 0.05) is 0 Å². The number of hydrogen-bond acceptors (Lipinski definition) is 2. The lowest BCUT2D eigenvalue weighted by atomic mass is 9.42. The third-order valence-electron chi connectivity index (χ3n) is 12.9. The van der Waals surface area contributed by atoms with Crippen LogP contribution in [0.1, 0.15) is 113 Å². The average Bonchev–Trinajstić information content (AvgIpc) is 3.27. The van der Waals surface area contributed by atoms with E-state index in [-0.39, 0.29) is 11.5 Å². The molecule has 0 saturated heterocycles. The van der Waals surface area contributed by atoms with Crippen LogP contribution in [0.4, 0.5) is 0 Å². The van der Waals surface area contributed by atoms with Gasteiger partial charge in [0.05, 0.1) is 11.7 Å². The summed E-state index contributed by atoms with van der Waals surface area (Å²) in [7, 11) is 0. The molecule has 0 amide bonds. The van der Waals surface area contributed by atoms with Gasteiger partial charge in [-0.1, -0.05) is 46.8 Å². The molecule has 2 spiro atoms. The van der Waals surface area contributed by atoms with Gasteiger partial charge in [-0.2, -0.15) is 0 Å². The lowest BCUT2D eigenvalue weighted by Gasteiger charge is -2.63. The van der Waals surface area contributed by atoms with E-state index in [2.05, 4.69) is 40.7 Å². The first-order valence-corrected chi connectivity index (χ1v) is 13.8. The van der Waals surface area contributed by atoms with Crippen LogP contribution in [-0.2, 0) is 0 Å². The molecule has 2 heteroatoms. The summed E-state index contributed by atoms with van der Waals surface area (Å²) in [6, 6.07) is 0. The summed E-state index contributed by atoms with van der Waals surface area (Å²) in [5, 5.41) is 20.9. The standard InChI is InChI=1S/C30H50O2/c1-20(9-8-14-25(2,3)32)21-12-15-28(7)23-11-10-22-26(4,5)24(31)13-16-29(22)19-30(23,29)18-17-27(21,28)6/h8,14,20-24,31-32H,9-13,15-19H2,1-7H3/b14-8+/t20-,21-,22+,23+,24-,27-,28+,29-,30+/m1/s1. The van der Waals surface area contributed by atoms with Crippen molar-refractivity contribution in [1.29, 1.82) is 0 Å². The molecule has 32 heavy (non-hydrogen) atoms. The van der Waals surface area contributed by atoms with E-state index < -0.39 is 5.60 Å². The van der Waals surface area contributed by atoms with Gasteiger partial charge in [-0.3, -0.25) is 0 Å². The normalized spacial score (nSPS) is 52.7.